The van der Waals surface area contributed by atoms with Crippen LogP contribution in [-0.2, 0) is 4.79 Å². The van der Waals surface area contributed by atoms with Crippen molar-refractivity contribution in [2.24, 2.45) is 5.92 Å². The van der Waals surface area contributed by atoms with Gasteiger partial charge in [-0.1, -0.05) is 31.5 Å². The van der Waals surface area contributed by atoms with Crippen molar-refractivity contribution in [1.29, 1.82) is 0 Å². The molecule has 1 aliphatic heterocycles. The second-order valence-corrected chi connectivity index (χ2v) is 10.1. The van der Waals surface area contributed by atoms with Crippen molar-refractivity contribution in [2.45, 2.75) is 25.9 Å². The van der Waals surface area contributed by atoms with Gasteiger partial charge in [-0.25, -0.2) is 0 Å². The lowest BCUT2D eigenvalue weighted by atomic mass is 10.0. The van der Waals surface area contributed by atoms with Gasteiger partial charge in [0.15, 0.2) is 5.11 Å². The van der Waals surface area contributed by atoms with E-state index < -0.39 is 0 Å². The molecule has 0 unspecified atom stereocenters. The molecule has 4 aromatic rings. The standard InChI is InChI=1S/C29H28ClN5O2S/c1-18(2)28(36)32-23-14-11-20(17-22(23)30)35-27(26(33-29(35)38)24-7-4-5-15-31-24)25-8-6-16-34(25)19-9-12-21(37-3)13-10-19/h4-18,26-27H,1-3H3,(H,32,36)(H,33,38)/t26-,27-/m1/s1. The lowest BCUT2D eigenvalue weighted by Gasteiger charge is -2.29. The third-order valence-electron chi connectivity index (χ3n) is 6.55. The summed E-state index contributed by atoms with van der Waals surface area (Å²) in [5.41, 5.74) is 4.25. The molecule has 194 valence electrons. The van der Waals surface area contributed by atoms with Crippen LogP contribution in [0.4, 0.5) is 11.4 Å². The van der Waals surface area contributed by atoms with Gasteiger partial charge in [0.2, 0.25) is 5.91 Å². The summed E-state index contributed by atoms with van der Waals surface area (Å²) in [7, 11) is 1.65. The van der Waals surface area contributed by atoms with E-state index in [1.54, 1.807) is 13.3 Å². The van der Waals surface area contributed by atoms with Crippen molar-refractivity contribution in [1.82, 2.24) is 14.9 Å². The predicted octanol–water partition coefficient (Wildman–Crippen LogP) is 6.31. The first kappa shape index (κ1) is 25.8. The van der Waals surface area contributed by atoms with E-state index in [1.807, 2.05) is 86.8 Å². The number of benzene rings is 2. The fourth-order valence-corrected chi connectivity index (χ4v) is 5.15. The summed E-state index contributed by atoms with van der Waals surface area (Å²) in [6.45, 7) is 3.68. The van der Waals surface area contributed by atoms with Crippen LogP contribution in [0.2, 0.25) is 5.02 Å². The molecule has 1 aliphatic rings. The summed E-state index contributed by atoms with van der Waals surface area (Å²) in [5, 5.41) is 7.37. The first-order chi connectivity index (χ1) is 18.4. The quantitative estimate of drug-likeness (QED) is 0.265. The Bertz CT molecular complexity index is 1460. The number of hydrogen-bond donors (Lipinski definition) is 2. The van der Waals surface area contributed by atoms with Crippen molar-refractivity contribution < 1.29 is 9.53 Å². The van der Waals surface area contributed by atoms with Gasteiger partial charge in [0, 0.05) is 35.4 Å². The fourth-order valence-electron chi connectivity index (χ4n) is 4.58. The second kappa shape index (κ2) is 10.8. The third-order valence-corrected chi connectivity index (χ3v) is 7.17. The van der Waals surface area contributed by atoms with Crippen LogP contribution in [0.15, 0.2) is 85.2 Å². The van der Waals surface area contributed by atoms with Crippen LogP contribution in [0.5, 0.6) is 5.75 Å². The van der Waals surface area contributed by atoms with E-state index in [-0.39, 0.29) is 23.9 Å². The van der Waals surface area contributed by atoms with E-state index in [1.165, 1.54) is 0 Å². The lowest BCUT2D eigenvalue weighted by molar-refractivity contribution is -0.118. The van der Waals surface area contributed by atoms with Crippen LogP contribution in [0.3, 0.4) is 0 Å². The molecule has 0 bridgehead atoms. The molecule has 38 heavy (non-hydrogen) atoms. The van der Waals surface area contributed by atoms with Crippen LogP contribution in [0.25, 0.3) is 5.69 Å². The van der Waals surface area contributed by atoms with Gasteiger partial charge in [-0.15, -0.1) is 0 Å². The summed E-state index contributed by atoms with van der Waals surface area (Å²) in [4.78, 5) is 18.9. The molecule has 1 amide bonds. The van der Waals surface area contributed by atoms with Crippen LogP contribution < -0.4 is 20.3 Å². The van der Waals surface area contributed by atoms with Gasteiger partial charge in [0.05, 0.1) is 29.6 Å². The van der Waals surface area contributed by atoms with E-state index in [4.69, 9.17) is 28.6 Å². The zero-order valence-electron chi connectivity index (χ0n) is 21.3. The molecule has 2 N–H and O–H groups in total. The molecule has 0 radical (unpaired) electrons. The fraction of sp³-hybridized carbons (Fsp3) is 0.207. The van der Waals surface area contributed by atoms with Crippen molar-refractivity contribution in [3.05, 3.63) is 102 Å². The molecule has 9 heteroatoms. The van der Waals surface area contributed by atoms with E-state index in [9.17, 15) is 4.79 Å². The minimum absolute atomic E-state index is 0.0941. The number of thiocarbonyl (C=S) groups is 1. The van der Waals surface area contributed by atoms with E-state index in [2.05, 4.69) is 31.2 Å². The average molecular weight is 546 g/mol. The van der Waals surface area contributed by atoms with Gasteiger partial charge in [-0.05, 0) is 78.9 Å². The highest BCUT2D eigenvalue weighted by molar-refractivity contribution is 7.80. The van der Waals surface area contributed by atoms with Gasteiger partial charge in [-0.2, -0.15) is 0 Å². The Morgan fingerprint density at radius 1 is 1.08 bits per heavy atom. The first-order valence-electron chi connectivity index (χ1n) is 12.3. The number of nitrogens with zero attached hydrogens (tertiary/aromatic N) is 3. The highest BCUT2D eigenvalue weighted by Crippen LogP contribution is 2.43. The smallest absolute Gasteiger partial charge is 0.226 e. The number of aromatic nitrogens is 2. The third kappa shape index (κ3) is 4.97. The molecule has 0 spiro atoms. The van der Waals surface area contributed by atoms with Crippen molar-refractivity contribution in [3.63, 3.8) is 0 Å². The van der Waals surface area contributed by atoms with Gasteiger partial charge < -0.3 is 24.8 Å². The van der Waals surface area contributed by atoms with Crippen LogP contribution in [0.1, 0.15) is 37.3 Å². The van der Waals surface area contributed by atoms with Crippen molar-refractivity contribution >= 4 is 46.2 Å². The van der Waals surface area contributed by atoms with Crippen molar-refractivity contribution in [3.8, 4) is 11.4 Å². The Balaban J connectivity index is 1.59. The lowest BCUT2D eigenvalue weighted by Crippen LogP contribution is -2.30. The molecule has 7 nitrogen and oxygen atoms in total. The van der Waals surface area contributed by atoms with Gasteiger partial charge in [-0.3, -0.25) is 9.78 Å². The number of methoxy groups -OCH3 is 1. The molecule has 2 aromatic heterocycles. The van der Waals surface area contributed by atoms with Crippen LogP contribution in [0, 0.1) is 5.92 Å². The first-order valence-corrected chi connectivity index (χ1v) is 13.1. The minimum Gasteiger partial charge on any atom is -0.497 e. The van der Waals surface area contributed by atoms with E-state index in [0.29, 0.717) is 15.8 Å². The summed E-state index contributed by atoms with van der Waals surface area (Å²) in [6.07, 6.45) is 3.81. The Morgan fingerprint density at radius 2 is 1.84 bits per heavy atom. The number of hydrogen-bond acceptors (Lipinski definition) is 4. The van der Waals surface area contributed by atoms with Gasteiger partial charge >= 0.3 is 0 Å². The Morgan fingerprint density at radius 3 is 2.50 bits per heavy atom. The molecule has 2 atom stereocenters. The van der Waals surface area contributed by atoms with Crippen molar-refractivity contribution in [2.75, 3.05) is 17.3 Å². The SMILES string of the molecule is COc1ccc(-n2cccc2[C@@H]2[C@@H](c3ccccn3)NC(=S)N2c2ccc(NC(=O)C(C)C)c(Cl)c2)cc1. The molecule has 1 saturated heterocycles. The maximum Gasteiger partial charge on any atom is 0.226 e. The highest BCUT2D eigenvalue weighted by atomic mass is 35.5. The van der Waals surface area contributed by atoms with E-state index >= 15 is 0 Å². The van der Waals surface area contributed by atoms with Crippen LogP contribution in [-0.4, -0.2) is 27.7 Å². The second-order valence-electron chi connectivity index (χ2n) is 9.31. The molecule has 3 heterocycles. The number of halogens is 1. The number of rotatable bonds is 7. The topological polar surface area (TPSA) is 71.4 Å². The molecule has 2 aromatic carbocycles. The minimum atomic E-state index is -0.235. The Kier molecular flexibility index (Phi) is 7.35. The maximum absolute atomic E-state index is 12.2. The summed E-state index contributed by atoms with van der Waals surface area (Å²) in [6, 6.07) is 23.0. The molecular formula is C29H28ClN5O2S. The number of anilines is 2. The van der Waals surface area contributed by atoms with Gasteiger partial charge in [0.25, 0.3) is 0 Å². The maximum atomic E-state index is 12.2. The van der Waals surface area contributed by atoms with Gasteiger partial charge in [0.1, 0.15) is 11.8 Å². The predicted molar refractivity (Wildman–Crippen MR) is 155 cm³/mol. The summed E-state index contributed by atoms with van der Waals surface area (Å²) >= 11 is 12.5. The normalized spacial score (nSPS) is 17.0. The number of ether oxygens (including phenoxy) is 1. The largest absolute Gasteiger partial charge is 0.497 e. The zero-order chi connectivity index (χ0) is 26.8. The zero-order valence-corrected chi connectivity index (χ0v) is 22.8. The highest BCUT2D eigenvalue weighted by Gasteiger charge is 2.42. The van der Waals surface area contributed by atoms with E-state index in [0.717, 1.165) is 28.5 Å². The molecule has 0 aliphatic carbocycles. The monoisotopic (exact) mass is 545 g/mol. The number of carbonyl (C=O) groups is 1. The average Bonchev–Trinajstić information content (AvgIpc) is 3.54. The molecule has 1 fully saturated rings. The van der Waals surface area contributed by atoms with Crippen LogP contribution >= 0.6 is 23.8 Å². The number of nitrogens with one attached hydrogen (secondary N) is 2. The summed E-state index contributed by atoms with van der Waals surface area (Å²) < 4.78 is 7.49. The number of amides is 1. The Hall–Kier alpha value is -3.88. The number of carbonyl (C=O) groups excluding carboxylic acids is 1. The molecular weight excluding hydrogens is 518 g/mol. The molecule has 5 rings (SSSR count). The molecule has 0 saturated carbocycles. The summed E-state index contributed by atoms with van der Waals surface area (Å²) in [5.74, 6) is 0.539. The number of pyridine rings is 1. The Labute approximate surface area is 232 Å².